The molecule has 0 saturated heterocycles. The normalized spacial score (nSPS) is 13.5. The number of benzene rings is 2. The first kappa shape index (κ1) is 17.8. The highest BCUT2D eigenvalue weighted by Gasteiger charge is 2.33. The van der Waals surface area contributed by atoms with Crippen LogP contribution in [0.1, 0.15) is 39.1 Å². The van der Waals surface area contributed by atoms with Crippen LogP contribution in [0.5, 0.6) is 5.75 Å². The molecule has 1 fully saturated rings. The van der Waals surface area contributed by atoms with E-state index in [1.807, 2.05) is 0 Å². The van der Waals surface area contributed by atoms with Crippen LogP contribution in [-0.4, -0.2) is 29.4 Å². The van der Waals surface area contributed by atoms with Gasteiger partial charge >= 0.3 is 6.61 Å². The molecule has 1 aliphatic rings. The van der Waals surface area contributed by atoms with Crippen LogP contribution in [0.3, 0.4) is 0 Å². The number of rotatable bonds is 7. The van der Waals surface area contributed by atoms with Gasteiger partial charge in [0.05, 0.1) is 0 Å². The van der Waals surface area contributed by atoms with Crippen LogP contribution in [0, 0.1) is 0 Å². The summed E-state index contributed by atoms with van der Waals surface area (Å²) in [6.07, 6.45) is 1.86. The van der Waals surface area contributed by atoms with Crippen LogP contribution in [0.15, 0.2) is 48.5 Å². The van der Waals surface area contributed by atoms with Gasteiger partial charge in [-0.15, -0.1) is 0 Å². The number of alkyl halides is 2. The summed E-state index contributed by atoms with van der Waals surface area (Å²) in [5.41, 5.74) is 6.93. The maximum atomic E-state index is 12.8. The molecule has 0 bridgehead atoms. The van der Waals surface area contributed by atoms with E-state index in [2.05, 4.69) is 4.74 Å². The number of carbonyl (C=O) groups is 2. The minimum atomic E-state index is -2.90. The van der Waals surface area contributed by atoms with E-state index in [1.54, 1.807) is 29.2 Å². The number of carbonyl (C=O) groups excluding carboxylic acids is 2. The van der Waals surface area contributed by atoms with Crippen LogP contribution in [0.2, 0.25) is 0 Å². The van der Waals surface area contributed by atoms with E-state index in [9.17, 15) is 18.4 Å². The first-order valence-corrected chi connectivity index (χ1v) is 8.18. The van der Waals surface area contributed by atoms with Gasteiger partial charge in [-0.25, -0.2) is 0 Å². The highest BCUT2D eigenvalue weighted by molar-refractivity contribution is 5.95. The van der Waals surface area contributed by atoms with Crippen LogP contribution in [0.4, 0.5) is 8.78 Å². The van der Waals surface area contributed by atoms with E-state index in [0.717, 1.165) is 18.4 Å². The lowest BCUT2D eigenvalue weighted by molar-refractivity contribution is -0.0498. The van der Waals surface area contributed by atoms with Gasteiger partial charge in [0.2, 0.25) is 5.91 Å². The topological polar surface area (TPSA) is 72.6 Å². The van der Waals surface area contributed by atoms with Gasteiger partial charge in [-0.2, -0.15) is 8.78 Å². The smallest absolute Gasteiger partial charge is 0.387 e. The van der Waals surface area contributed by atoms with Crippen molar-refractivity contribution in [2.24, 2.45) is 5.73 Å². The van der Waals surface area contributed by atoms with E-state index in [4.69, 9.17) is 5.73 Å². The first-order chi connectivity index (χ1) is 12.4. The van der Waals surface area contributed by atoms with Crippen molar-refractivity contribution in [1.29, 1.82) is 0 Å². The Balaban J connectivity index is 1.73. The molecule has 2 aromatic rings. The molecule has 2 aromatic carbocycles. The maximum absolute atomic E-state index is 12.8. The summed E-state index contributed by atoms with van der Waals surface area (Å²) in [7, 11) is 0. The SMILES string of the molecule is NC(=O)c1ccc(CN(C(=O)c2ccc(OC(F)F)cc2)C2CC2)cc1. The van der Waals surface area contributed by atoms with Gasteiger partial charge < -0.3 is 15.4 Å². The molecule has 1 saturated carbocycles. The van der Waals surface area contributed by atoms with E-state index in [1.165, 1.54) is 24.3 Å². The number of nitrogens with two attached hydrogens (primary N) is 1. The zero-order valence-electron chi connectivity index (χ0n) is 13.9. The number of primary amides is 1. The van der Waals surface area contributed by atoms with Gasteiger partial charge in [-0.1, -0.05) is 12.1 Å². The lowest BCUT2D eigenvalue weighted by atomic mass is 10.1. The van der Waals surface area contributed by atoms with Crippen molar-refractivity contribution < 1.29 is 23.1 Å². The third-order valence-electron chi connectivity index (χ3n) is 4.17. The molecular weight excluding hydrogens is 342 g/mol. The molecule has 5 nitrogen and oxygen atoms in total. The zero-order valence-corrected chi connectivity index (χ0v) is 13.9. The molecule has 0 unspecified atom stereocenters. The van der Waals surface area contributed by atoms with E-state index < -0.39 is 12.5 Å². The number of ether oxygens (including phenoxy) is 1. The quantitative estimate of drug-likeness (QED) is 0.824. The number of amides is 2. The fourth-order valence-corrected chi connectivity index (χ4v) is 2.67. The molecule has 2 amide bonds. The van der Waals surface area contributed by atoms with Gasteiger partial charge in [0.25, 0.3) is 5.91 Å². The standard InChI is InChI=1S/C19H18F2N2O3/c20-19(21)26-16-9-5-14(6-10-16)18(25)23(15-7-8-15)11-12-1-3-13(4-2-12)17(22)24/h1-6,9-10,15,19H,7-8,11H2,(H2,22,24). The van der Waals surface area contributed by atoms with E-state index >= 15 is 0 Å². The third-order valence-corrected chi connectivity index (χ3v) is 4.17. The molecule has 136 valence electrons. The van der Waals surface area contributed by atoms with Crippen molar-refractivity contribution in [1.82, 2.24) is 4.90 Å². The Morgan fingerprint density at radius 3 is 2.12 bits per heavy atom. The lowest BCUT2D eigenvalue weighted by Crippen LogP contribution is -2.32. The second-order valence-electron chi connectivity index (χ2n) is 6.13. The molecule has 0 aromatic heterocycles. The average molecular weight is 360 g/mol. The molecule has 0 radical (unpaired) electrons. The predicted octanol–water partition coefficient (Wildman–Crippen LogP) is 3.19. The summed E-state index contributed by atoms with van der Waals surface area (Å²) in [6.45, 7) is -2.50. The summed E-state index contributed by atoms with van der Waals surface area (Å²) in [5, 5.41) is 0. The molecule has 1 aliphatic carbocycles. The summed E-state index contributed by atoms with van der Waals surface area (Å²) < 4.78 is 28.7. The Hall–Kier alpha value is -2.96. The third kappa shape index (κ3) is 4.36. The monoisotopic (exact) mass is 360 g/mol. The fraction of sp³-hybridized carbons (Fsp3) is 0.263. The van der Waals surface area contributed by atoms with Gasteiger partial charge in [0.15, 0.2) is 0 Å². The largest absolute Gasteiger partial charge is 0.435 e. The predicted molar refractivity (Wildman–Crippen MR) is 90.9 cm³/mol. The Kier molecular flexibility index (Phi) is 5.16. The summed E-state index contributed by atoms with van der Waals surface area (Å²) in [6, 6.07) is 12.6. The zero-order chi connectivity index (χ0) is 18.7. The second kappa shape index (κ2) is 7.51. The minimum Gasteiger partial charge on any atom is -0.435 e. The Labute approximate surface area is 149 Å². The molecule has 0 heterocycles. The lowest BCUT2D eigenvalue weighted by Gasteiger charge is -2.23. The summed E-state index contributed by atoms with van der Waals surface area (Å²) in [4.78, 5) is 25.7. The molecule has 3 rings (SSSR count). The molecular formula is C19H18F2N2O3. The Morgan fingerprint density at radius 2 is 1.62 bits per heavy atom. The van der Waals surface area contributed by atoms with Crippen LogP contribution in [0.25, 0.3) is 0 Å². The van der Waals surface area contributed by atoms with Crippen molar-refractivity contribution in [2.75, 3.05) is 0 Å². The molecule has 2 N–H and O–H groups in total. The highest BCUT2D eigenvalue weighted by atomic mass is 19.3. The molecule has 7 heteroatoms. The van der Waals surface area contributed by atoms with Crippen molar-refractivity contribution in [3.8, 4) is 5.75 Å². The van der Waals surface area contributed by atoms with Crippen molar-refractivity contribution in [3.63, 3.8) is 0 Å². The molecule has 0 aliphatic heterocycles. The van der Waals surface area contributed by atoms with E-state index in [0.29, 0.717) is 17.7 Å². The van der Waals surface area contributed by atoms with Gasteiger partial charge in [-0.3, -0.25) is 9.59 Å². The second-order valence-corrected chi connectivity index (χ2v) is 6.13. The maximum Gasteiger partial charge on any atom is 0.387 e. The summed E-state index contributed by atoms with van der Waals surface area (Å²) >= 11 is 0. The molecule has 0 spiro atoms. The molecule has 26 heavy (non-hydrogen) atoms. The van der Waals surface area contributed by atoms with Gasteiger partial charge in [0, 0.05) is 23.7 Å². The number of halogens is 2. The number of hydrogen-bond donors (Lipinski definition) is 1. The van der Waals surface area contributed by atoms with Crippen LogP contribution in [-0.2, 0) is 6.54 Å². The van der Waals surface area contributed by atoms with Crippen molar-refractivity contribution in [2.45, 2.75) is 32.0 Å². The number of hydrogen-bond acceptors (Lipinski definition) is 3. The van der Waals surface area contributed by atoms with Crippen molar-refractivity contribution >= 4 is 11.8 Å². The minimum absolute atomic E-state index is 0.0107. The summed E-state index contributed by atoms with van der Waals surface area (Å²) in [5.74, 6) is -0.663. The Morgan fingerprint density at radius 1 is 1.04 bits per heavy atom. The Bertz CT molecular complexity index is 787. The number of nitrogens with zero attached hydrogens (tertiary/aromatic N) is 1. The average Bonchev–Trinajstić information content (AvgIpc) is 3.44. The first-order valence-electron chi connectivity index (χ1n) is 8.18. The van der Waals surface area contributed by atoms with Crippen LogP contribution >= 0.6 is 0 Å². The fourth-order valence-electron chi connectivity index (χ4n) is 2.67. The van der Waals surface area contributed by atoms with Crippen molar-refractivity contribution in [3.05, 3.63) is 65.2 Å². The molecule has 0 atom stereocenters. The van der Waals surface area contributed by atoms with Gasteiger partial charge in [-0.05, 0) is 54.8 Å². The van der Waals surface area contributed by atoms with Crippen LogP contribution < -0.4 is 10.5 Å². The van der Waals surface area contributed by atoms with E-state index in [-0.39, 0.29) is 17.7 Å². The highest BCUT2D eigenvalue weighted by Crippen LogP contribution is 2.30. The van der Waals surface area contributed by atoms with Gasteiger partial charge in [0.1, 0.15) is 5.75 Å².